The average molecular weight is 346 g/mol. The van der Waals surface area contributed by atoms with Crippen molar-refractivity contribution < 1.29 is 14.6 Å². The van der Waals surface area contributed by atoms with Gasteiger partial charge in [-0.05, 0) is 54.8 Å². The molecule has 1 N–H and O–H groups in total. The summed E-state index contributed by atoms with van der Waals surface area (Å²) in [6.07, 6.45) is 3.21. The number of rotatable bonds is 7. The van der Waals surface area contributed by atoms with E-state index in [0.717, 1.165) is 23.3 Å². The summed E-state index contributed by atoms with van der Waals surface area (Å²) in [6, 6.07) is 20.7. The number of para-hydroxylation sites is 3. The molecule has 0 saturated heterocycles. The van der Waals surface area contributed by atoms with Gasteiger partial charge in [0.05, 0.1) is 0 Å². The molecule has 3 nitrogen and oxygen atoms in total. The lowest BCUT2D eigenvalue weighted by Crippen LogP contribution is -1.94. The van der Waals surface area contributed by atoms with E-state index in [9.17, 15) is 5.11 Å². The lowest BCUT2D eigenvalue weighted by atomic mass is 10.1. The molecule has 0 unspecified atom stereocenters. The number of allylic oxidation sites excluding steroid dienone is 1. The van der Waals surface area contributed by atoms with Crippen LogP contribution in [0.2, 0.25) is 0 Å². The van der Waals surface area contributed by atoms with E-state index in [1.165, 1.54) is 0 Å². The highest BCUT2D eigenvalue weighted by atomic mass is 16.5. The molecular formula is C23H22O3. The van der Waals surface area contributed by atoms with Crippen molar-refractivity contribution >= 4 is 0 Å². The molecule has 0 aliphatic rings. The van der Waals surface area contributed by atoms with Crippen molar-refractivity contribution in [2.75, 3.05) is 0 Å². The van der Waals surface area contributed by atoms with Gasteiger partial charge in [-0.25, -0.2) is 0 Å². The van der Waals surface area contributed by atoms with E-state index in [-0.39, 0.29) is 5.75 Å². The molecule has 0 atom stereocenters. The molecule has 26 heavy (non-hydrogen) atoms. The van der Waals surface area contributed by atoms with E-state index in [4.69, 9.17) is 9.47 Å². The fourth-order valence-corrected chi connectivity index (χ4v) is 2.70. The number of aromatic hydroxyl groups is 1. The van der Waals surface area contributed by atoms with E-state index >= 15 is 0 Å². The molecule has 0 spiro atoms. The summed E-state index contributed by atoms with van der Waals surface area (Å²) in [5, 5.41) is 9.91. The molecule has 132 valence electrons. The Bertz CT molecular complexity index is 899. The first-order valence-corrected chi connectivity index (χ1v) is 8.66. The minimum atomic E-state index is 0.235. The molecule has 0 amide bonds. The smallest absolute Gasteiger partial charge is 0.169 e. The lowest BCUT2D eigenvalue weighted by molar-refractivity contribution is 0.414. The van der Waals surface area contributed by atoms with Gasteiger partial charge in [-0.2, -0.15) is 0 Å². The van der Waals surface area contributed by atoms with Crippen LogP contribution in [0.25, 0.3) is 0 Å². The second kappa shape index (κ2) is 8.26. The molecule has 0 aromatic heterocycles. The van der Waals surface area contributed by atoms with Gasteiger partial charge in [0, 0.05) is 5.56 Å². The van der Waals surface area contributed by atoms with Gasteiger partial charge < -0.3 is 14.6 Å². The van der Waals surface area contributed by atoms with Crippen molar-refractivity contribution in [2.45, 2.75) is 19.8 Å². The first kappa shape index (κ1) is 17.6. The number of phenols is 1. The molecule has 0 radical (unpaired) electrons. The highest BCUT2D eigenvalue weighted by Crippen LogP contribution is 2.36. The van der Waals surface area contributed by atoms with Crippen molar-refractivity contribution in [3.05, 3.63) is 90.5 Å². The van der Waals surface area contributed by atoms with Crippen molar-refractivity contribution in [3.8, 4) is 28.7 Å². The third kappa shape index (κ3) is 4.06. The minimum absolute atomic E-state index is 0.235. The second-order valence-electron chi connectivity index (χ2n) is 5.90. The quantitative estimate of drug-likeness (QED) is 0.513. The van der Waals surface area contributed by atoms with Crippen LogP contribution in [0.15, 0.2) is 79.4 Å². The summed E-state index contributed by atoms with van der Waals surface area (Å²) in [7, 11) is 0. The van der Waals surface area contributed by atoms with Crippen molar-refractivity contribution in [2.24, 2.45) is 0 Å². The number of ether oxygens (including phenoxy) is 2. The molecular weight excluding hydrogens is 324 g/mol. The zero-order valence-corrected chi connectivity index (χ0v) is 14.8. The Hall–Kier alpha value is -3.20. The third-order valence-corrected chi connectivity index (χ3v) is 4.07. The zero-order valence-electron chi connectivity index (χ0n) is 14.8. The van der Waals surface area contributed by atoms with Gasteiger partial charge >= 0.3 is 0 Å². The Labute approximate surface area is 154 Å². The van der Waals surface area contributed by atoms with Crippen LogP contribution in [-0.2, 0) is 12.8 Å². The summed E-state index contributed by atoms with van der Waals surface area (Å²) in [5.74, 6) is 2.96. The Kier molecular flexibility index (Phi) is 5.59. The summed E-state index contributed by atoms with van der Waals surface area (Å²) in [6.45, 7) is 5.82. The van der Waals surface area contributed by atoms with Gasteiger partial charge in [0.15, 0.2) is 11.5 Å². The molecule has 0 saturated carbocycles. The maximum atomic E-state index is 9.91. The monoisotopic (exact) mass is 346 g/mol. The number of hydrogen-bond donors (Lipinski definition) is 1. The molecule has 0 heterocycles. The number of phenolic OH excluding ortho intramolecular Hbond substituents is 1. The van der Waals surface area contributed by atoms with Crippen LogP contribution in [0.3, 0.4) is 0 Å². The fraction of sp³-hybridized carbons (Fsp3) is 0.130. The first-order chi connectivity index (χ1) is 12.7. The molecule has 0 aliphatic carbocycles. The maximum absolute atomic E-state index is 9.91. The van der Waals surface area contributed by atoms with Crippen LogP contribution < -0.4 is 9.47 Å². The van der Waals surface area contributed by atoms with Crippen LogP contribution >= 0.6 is 0 Å². The molecule has 0 bridgehead atoms. The van der Waals surface area contributed by atoms with Crippen LogP contribution in [0.5, 0.6) is 28.7 Å². The Morgan fingerprint density at radius 2 is 1.50 bits per heavy atom. The van der Waals surface area contributed by atoms with Gasteiger partial charge in [0.1, 0.15) is 17.2 Å². The van der Waals surface area contributed by atoms with Gasteiger partial charge in [0.25, 0.3) is 0 Å². The summed E-state index contributed by atoms with van der Waals surface area (Å²) < 4.78 is 12.1. The van der Waals surface area contributed by atoms with E-state index in [1.807, 2.05) is 48.5 Å². The topological polar surface area (TPSA) is 38.7 Å². The zero-order chi connectivity index (χ0) is 18.4. The Morgan fingerprint density at radius 3 is 2.19 bits per heavy atom. The van der Waals surface area contributed by atoms with Gasteiger partial charge in [-0.15, -0.1) is 6.58 Å². The Balaban J connectivity index is 1.88. The largest absolute Gasteiger partial charge is 0.508 e. The highest BCUT2D eigenvalue weighted by Gasteiger charge is 2.10. The fourth-order valence-electron chi connectivity index (χ4n) is 2.70. The summed E-state index contributed by atoms with van der Waals surface area (Å²) in [4.78, 5) is 0. The molecule has 3 aromatic carbocycles. The van der Waals surface area contributed by atoms with Gasteiger partial charge in [-0.3, -0.25) is 0 Å². The van der Waals surface area contributed by atoms with Gasteiger partial charge in [-0.1, -0.05) is 43.3 Å². The Morgan fingerprint density at radius 1 is 0.846 bits per heavy atom. The standard InChI is InChI=1S/C23H22O3/c1-3-9-18-16-19(14-15-20(18)24)25-22-12-7-8-13-23(22)26-21-11-6-5-10-17(21)4-2/h3,5-8,10-16,24H,1,4,9H2,2H3. The van der Waals surface area contributed by atoms with Crippen LogP contribution in [0.4, 0.5) is 0 Å². The van der Waals surface area contributed by atoms with Crippen LogP contribution in [0, 0.1) is 0 Å². The first-order valence-electron chi connectivity index (χ1n) is 8.66. The van der Waals surface area contributed by atoms with Crippen LogP contribution in [0.1, 0.15) is 18.1 Å². The number of benzene rings is 3. The third-order valence-electron chi connectivity index (χ3n) is 4.07. The average Bonchev–Trinajstić information content (AvgIpc) is 2.66. The molecule has 3 rings (SSSR count). The molecule has 0 fully saturated rings. The van der Waals surface area contributed by atoms with E-state index in [1.54, 1.807) is 18.2 Å². The van der Waals surface area contributed by atoms with Gasteiger partial charge in [0.2, 0.25) is 0 Å². The van der Waals surface area contributed by atoms with E-state index in [0.29, 0.717) is 23.7 Å². The molecule has 3 heteroatoms. The number of aryl methyl sites for hydroxylation is 1. The molecule has 3 aromatic rings. The predicted molar refractivity (Wildman–Crippen MR) is 104 cm³/mol. The minimum Gasteiger partial charge on any atom is -0.508 e. The maximum Gasteiger partial charge on any atom is 0.169 e. The normalized spacial score (nSPS) is 10.3. The van der Waals surface area contributed by atoms with E-state index in [2.05, 4.69) is 19.6 Å². The van der Waals surface area contributed by atoms with Crippen molar-refractivity contribution in [1.29, 1.82) is 0 Å². The van der Waals surface area contributed by atoms with Crippen molar-refractivity contribution in [1.82, 2.24) is 0 Å². The second-order valence-corrected chi connectivity index (χ2v) is 5.90. The highest BCUT2D eigenvalue weighted by molar-refractivity contribution is 5.48. The lowest BCUT2D eigenvalue weighted by Gasteiger charge is -2.14. The van der Waals surface area contributed by atoms with E-state index < -0.39 is 0 Å². The SMILES string of the molecule is C=CCc1cc(Oc2ccccc2Oc2ccccc2CC)ccc1O. The van der Waals surface area contributed by atoms with Crippen molar-refractivity contribution in [3.63, 3.8) is 0 Å². The molecule has 0 aliphatic heterocycles. The number of hydrogen-bond acceptors (Lipinski definition) is 3. The van der Waals surface area contributed by atoms with Crippen LogP contribution in [-0.4, -0.2) is 5.11 Å². The predicted octanol–water partition coefficient (Wildman–Crippen LogP) is 6.27. The summed E-state index contributed by atoms with van der Waals surface area (Å²) >= 11 is 0. The summed E-state index contributed by atoms with van der Waals surface area (Å²) in [5.41, 5.74) is 1.91.